The van der Waals surface area contributed by atoms with E-state index >= 15 is 0 Å². The highest BCUT2D eigenvalue weighted by molar-refractivity contribution is 5.73. The minimum Gasteiger partial charge on any atom is -0.490 e. The van der Waals surface area contributed by atoms with Crippen LogP contribution in [0.25, 0.3) is 33.4 Å². The van der Waals surface area contributed by atoms with E-state index in [0.717, 1.165) is 36.8 Å². The highest BCUT2D eigenvalue weighted by atomic mass is 19.2. The van der Waals surface area contributed by atoms with Crippen molar-refractivity contribution in [2.45, 2.75) is 117 Å². The maximum atomic E-state index is 15.0. The van der Waals surface area contributed by atoms with Gasteiger partial charge in [-0.25, -0.2) is 4.39 Å². The average Bonchev–Trinajstić information content (AvgIpc) is 3.09. The summed E-state index contributed by atoms with van der Waals surface area (Å²) >= 11 is 0. The zero-order chi connectivity index (χ0) is 32.4. The molecule has 4 aromatic rings. The topological polar surface area (TPSA) is 9.23 Å². The van der Waals surface area contributed by atoms with Gasteiger partial charge in [0.1, 0.15) is 0 Å². The van der Waals surface area contributed by atoms with E-state index in [2.05, 4.69) is 62.4 Å². The van der Waals surface area contributed by atoms with Gasteiger partial charge in [0.05, 0.1) is 6.61 Å². The van der Waals surface area contributed by atoms with Crippen molar-refractivity contribution in [3.05, 3.63) is 102 Å². The van der Waals surface area contributed by atoms with Gasteiger partial charge in [0.15, 0.2) is 11.6 Å². The molecule has 0 fully saturated rings. The number of halogens is 2. The molecule has 3 heteroatoms. The van der Waals surface area contributed by atoms with Crippen LogP contribution < -0.4 is 4.74 Å². The highest BCUT2D eigenvalue weighted by Crippen LogP contribution is 2.32. The summed E-state index contributed by atoms with van der Waals surface area (Å²) in [5, 5.41) is 0. The van der Waals surface area contributed by atoms with Crippen molar-refractivity contribution >= 4 is 0 Å². The van der Waals surface area contributed by atoms with E-state index in [1.165, 1.54) is 99.8 Å². The fraction of sp³-hybridized carbons (Fsp3) is 0.442. The molecule has 0 aliphatic rings. The van der Waals surface area contributed by atoms with Crippen molar-refractivity contribution in [3.8, 4) is 39.1 Å². The second-order valence-electron chi connectivity index (χ2n) is 12.8. The predicted molar refractivity (Wildman–Crippen MR) is 192 cm³/mol. The molecule has 0 saturated carbocycles. The molecule has 0 unspecified atom stereocenters. The minimum absolute atomic E-state index is 0.0165. The zero-order valence-electron chi connectivity index (χ0n) is 28.3. The van der Waals surface area contributed by atoms with Gasteiger partial charge in [-0.15, -0.1) is 0 Å². The Kier molecular flexibility index (Phi) is 15.3. The second-order valence-corrected chi connectivity index (χ2v) is 12.8. The number of ether oxygens (including phenoxy) is 1. The van der Waals surface area contributed by atoms with E-state index < -0.39 is 11.6 Å². The fourth-order valence-electron chi connectivity index (χ4n) is 6.13. The van der Waals surface area contributed by atoms with E-state index in [4.69, 9.17) is 4.74 Å². The first-order chi connectivity index (χ1) is 22.6. The molecule has 0 aliphatic carbocycles. The maximum Gasteiger partial charge on any atom is 0.201 e. The van der Waals surface area contributed by atoms with Gasteiger partial charge < -0.3 is 4.74 Å². The molecule has 0 N–H and O–H groups in total. The molecule has 4 aromatic carbocycles. The third kappa shape index (κ3) is 11.1. The van der Waals surface area contributed by atoms with Gasteiger partial charge >= 0.3 is 0 Å². The Bertz CT molecular complexity index is 1410. The van der Waals surface area contributed by atoms with Gasteiger partial charge in [-0.1, -0.05) is 170 Å². The summed E-state index contributed by atoms with van der Waals surface area (Å²) in [7, 11) is 0. The summed E-state index contributed by atoms with van der Waals surface area (Å²) < 4.78 is 35.3. The molecule has 4 rings (SSSR count). The van der Waals surface area contributed by atoms with Gasteiger partial charge in [0, 0.05) is 5.56 Å². The van der Waals surface area contributed by atoms with Crippen LogP contribution in [0.4, 0.5) is 8.78 Å². The fourth-order valence-corrected chi connectivity index (χ4v) is 6.13. The molecule has 0 amide bonds. The SMILES string of the molecule is CCCCCCCCCCCCc1ccc(-c2ccc(-c3ccc(-c4ccc(OCCCCCCC)c(F)c4F)cc3)cc2)cc1. The number of aryl methyl sites for hydroxylation is 1. The molecule has 46 heavy (non-hydrogen) atoms. The Balaban J connectivity index is 1.24. The number of hydrogen-bond acceptors (Lipinski definition) is 1. The van der Waals surface area contributed by atoms with Crippen LogP contribution in [-0.4, -0.2) is 6.61 Å². The average molecular weight is 625 g/mol. The summed E-state index contributed by atoms with van der Waals surface area (Å²) in [4.78, 5) is 0. The van der Waals surface area contributed by atoms with Gasteiger partial charge in [-0.3, -0.25) is 0 Å². The van der Waals surface area contributed by atoms with E-state index in [9.17, 15) is 8.78 Å². The van der Waals surface area contributed by atoms with Crippen LogP contribution in [0.5, 0.6) is 5.75 Å². The molecule has 1 nitrogen and oxygen atoms in total. The number of rotatable bonds is 21. The van der Waals surface area contributed by atoms with Crippen LogP contribution in [0, 0.1) is 11.6 Å². The van der Waals surface area contributed by atoms with Crippen LogP contribution in [0.15, 0.2) is 84.9 Å². The molecule has 0 aliphatic heterocycles. The molecule has 0 radical (unpaired) electrons. The normalized spacial score (nSPS) is 11.2. The summed E-state index contributed by atoms with van der Waals surface area (Å²) in [5.74, 6) is -1.80. The van der Waals surface area contributed by atoms with E-state index in [0.29, 0.717) is 12.2 Å². The first kappa shape index (κ1) is 35.4. The zero-order valence-corrected chi connectivity index (χ0v) is 28.3. The van der Waals surface area contributed by atoms with Gasteiger partial charge in [-0.05, 0) is 64.8 Å². The number of benzene rings is 4. The number of hydrogen-bond donors (Lipinski definition) is 0. The Morgan fingerprint density at radius 3 is 1.33 bits per heavy atom. The van der Waals surface area contributed by atoms with Crippen molar-refractivity contribution in [2.75, 3.05) is 6.61 Å². The molecular formula is C43H54F2O. The van der Waals surface area contributed by atoms with E-state index in [-0.39, 0.29) is 11.3 Å². The third-order valence-electron chi connectivity index (χ3n) is 9.07. The lowest BCUT2D eigenvalue weighted by molar-refractivity contribution is 0.285. The Labute approximate surface area is 277 Å². The van der Waals surface area contributed by atoms with Gasteiger partial charge in [-0.2, -0.15) is 4.39 Å². The van der Waals surface area contributed by atoms with Crippen molar-refractivity contribution in [1.29, 1.82) is 0 Å². The first-order valence-electron chi connectivity index (χ1n) is 18.0. The Morgan fingerprint density at radius 2 is 0.826 bits per heavy atom. The van der Waals surface area contributed by atoms with Gasteiger partial charge in [0.25, 0.3) is 0 Å². The van der Waals surface area contributed by atoms with Crippen molar-refractivity contribution in [3.63, 3.8) is 0 Å². The van der Waals surface area contributed by atoms with Crippen molar-refractivity contribution in [2.24, 2.45) is 0 Å². The summed E-state index contributed by atoms with van der Waals surface area (Å²) in [6.45, 7) is 4.84. The van der Waals surface area contributed by atoms with E-state index in [1.807, 2.05) is 24.3 Å². The monoisotopic (exact) mass is 624 g/mol. The summed E-state index contributed by atoms with van der Waals surface area (Å²) in [6, 6.07) is 28.3. The molecular weight excluding hydrogens is 570 g/mol. The van der Waals surface area contributed by atoms with Crippen LogP contribution in [-0.2, 0) is 6.42 Å². The lowest BCUT2D eigenvalue weighted by atomic mass is 9.97. The van der Waals surface area contributed by atoms with Gasteiger partial charge in [0.2, 0.25) is 5.82 Å². The lowest BCUT2D eigenvalue weighted by Crippen LogP contribution is -2.01. The quantitative estimate of drug-likeness (QED) is 0.0838. The van der Waals surface area contributed by atoms with E-state index in [1.54, 1.807) is 6.07 Å². The van der Waals surface area contributed by atoms with Crippen LogP contribution in [0.2, 0.25) is 0 Å². The maximum absolute atomic E-state index is 15.0. The smallest absolute Gasteiger partial charge is 0.201 e. The molecule has 0 spiro atoms. The van der Waals surface area contributed by atoms with Crippen molar-refractivity contribution < 1.29 is 13.5 Å². The van der Waals surface area contributed by atoms with Crippen LogP contribution in [0.1, 0.15) is 116 Å². The molecule has 0 atom stereocenters. The molecule has 246 valence electrons. The molecule has 0 saturated heterocycles. The highest BCUT2D eigenvalue weighted by Gasteiger charge is 2.16. The van der Waals surface area contributed by atoms with Crippen molar-refractivity contribution in [1.82, 2.24) is 0 Å². The largest absolute Gasteiger partial charge is 0.490 e. The lowest BCUT2D eigenvalue weighted by Gasteiger charge is -2.11. The minimum atomic E-state index is -0.919. The third-order valence-corrected chi connectivity index (χ3v) is 9.07. The van der Waals surface area contributed by atoms with Crippen LogP contribution in [0.3, 0.4) is 0 Å². The number of unbranched alkanes of at least 4 members (excludes halogenated alkanes) is 13. The predicted octanol–water partition coefficient (Wildman–Crippen LogP) is 13.8. The second kappa shape index (κ2) is 19.9. The molecule has 0 bridgehead atoms. The summed E-state index contributed by atoms with van der Waals surface area (Å²) in [5.41, 5.74) is 6.82. The standard InChI is InChI=1S/C43H54F2O/c1-3-5-7-9-10-11-12-13-14-16-18-34-19-21-35(22-20-34)36-23-25-37(26-24-36)38-27-29-39(30-28-38)40-31-32-41(43(45)42(40)44)46-33-17-15-8-6-4-2/h19-32H,3-18,33H2,1-2H3. The molecule has 0 heterocycles. The molecule has 0 aromatic heterocycles. The first-order valence-corrected chi connectivity index (χ1v) is 18.0. The summed E-state index contributed by atoms with van der Waals surface area (Å²) in [6.07, 6.45) is 20.2. The Morgan fingerprint density at radius 1 is 0.413 bits per heavy atom. The Hall–Kier alpha value is -3.46. The van der Waals surface area contributed by atoms with Crippen LogP contribution >= 0.6 is 0 Å².